The van der Waals surface area contributed by atoms with Crippen LogP contribution in [0.25, 0.3) is 0 Å². The first-order chi connectivity index (χ1) is 7.25. The zero-order chi connectivity index (χ0) is 13.1. The molecule has 94 valence electrons. The van der Waals surface area contributed by atoms with Crippen LogP contribution in [0.4, 0.5) is 13.2 Å². The second-order valence-electron chi connectivity index (χ2n) is 3.32. The molecular formula is C10H16ClF3N2. The van der Waals surface area contributed by atoms with Crippen LogP contribution in [0.5, 0.6) is 0 Å². The van der Waals surface area contributed by atoms with E-state index in [1.165, 1.54) is 11.7 Å². The standard InChI is InChI=1S/C8H10ClF3N2.C2H6/c1-4(2)6-5(9)7(8(10,11)12)13-14(6)3;1-2/h4H,1-3H3;1-2H3. The van der Waals surface area contributed by atoms with Gasteiger partial charge >= 0.3 is 6.18 Å². The van der Waals surface area contributed by atoms with E-state index in [1.807, 2.05) is 13.8 Å². The van der Waals surface area contributed by atoms with E-state index in [1.54, 1.807) is 13.8 Å². The summed E-state index contributed by atoms with van der Waals surface area (Å²) in [5.74, 6) is -0.0869. The van der Waals surface area contributed by atoms with Crippen LogP contribution >= 0.6 is 11.6 Å². The maximum absolute atomic E-state index is 12.3. The van der Waals surface area contributed by atoms with Crippen molar-refractivity contribution < 1.29 is 13.2 Å². The van der Waals surface area contributed by atoms with E-state index >= 15 is 0 Å². The van der Waals surface area contributed by atoms with Gasteiger partial charge in [-0.25, -0.2) is 0 Å². The van der Waals surface area contributed by atoms with Crippen molar-refractivity contribution in [3.63, 3.8) is 0 Å². The van der Waals surface area contributed by atoms with Crippen molar-refractivity contribution in [2.24, 2.45) is 7.05 Å². The molecule has 0 N–H and O–H groups in total. The number of rotatable bonds is 1. The molecule has 2 nitrogen and oxygen atoms in total. The van der Waals surface area contributed by atoms with Gasteiger partial charge in [-0.2, -0.15) is 18.3 Å². The lowest BCUT2D eigenvalue weighted by molar-refractivity contribution is -0.141. The Morgan fingerprint density at radius 1 is 1.25 bits per heavy atom. The Kier molecular flexibility index (Phi) is 5.32. The molecule has 0 unspecified atom stereocenters. The lowest BCUT2D eigenvalue weighted by Gasteiger charge is -2.05. The Labute approximate surface area is 98.4 Å². The van der Waals surface area contributed by atoms with Crippen LogP contribution in [0, 0.1) is 0 Å². The van der Waals surface area contributed by atoms with Gasteiger partial charge in [0.15, 0.2) is 5.69 Å². The molecule has 1 rings (SSSR count). The minimum absolute atomic E-state index is 0.0869. The number of aromatic nitrogens is 2. The Bertz CT molecular complexity index is 343. The van der Waals surface area contributed by atoms with Crippen molar-refractivity contribution in [3.8, 4) is 0 Å². The van der Waals surface area contributed by atoms with E-state index in [0.29, 0.717) is 5.69 Å². The Morgan fingerprint density at radius 2 is 1.69 bits per heavy atom. The molecule has 1 heterocycles. The summed E-state index contributed by atoms with van der Waals surface area (Å²) in [6.45, 7) is 7.53. The summed E-state index contributed by atoms with van der Waals surface area (Å²) in [5.41, 5.74) is -0.607. The van der Waals surface area contributed by atoms with Crippen molar-refractivity contribution >= 4 is 11.6 Å². The molecule has 0 radical (unpaired) electrons. The Morgan fingerprint density at radius 3 is 1.88 bits per heavy atom. The zero-order valence-corrected chi connectivity index (χ0v) is 10.7. The molecule has 0 aromatic carbocycles. The van der Waals surface area contributed by atoms with Gasteiger partial charge in [-0.3, -0.25) is 4.68 Å². The normalized spacial score (nSPS) is 11.4. The van der Waals surface area contributed by atoms with Crippen LogP contribution in [0.2, 0.25) is 5.02 Å². The number of nitrogens with zero attached hydrogens (tertiary/aromatic N) is 2. The monoisotopic (exact) mass is 256 g/mol. The largest absolute Gasteiger partial charge is 0.436 e. The summed E-state index contributed by atoms with van der Waals surface area (Å²) in [7, 11) is 1.45. The molecule has 6 heteroatoms. The van der Waals surface area contributed by atoms with Crippen molar-refractivity contribution in [1.29, 1.82) is 0 Å². The summed E-state index contributed by atoms with van der Waals surface area (Å²) >= 11 is 5.61. The highest BCUT2D eigenvalue weighted by Gasteiger charge is 2.38. The summed E-state index contributed by atoms with van der Waals surface area (Å²) < 4.78 is 38.2. The van der Waals surface area contributed by atoms with E-state index < -0.39 is 11.9 Å². The Hall–Kier alpha value is -0.710. The molecule has 1 aromatic rings. The SMILES string of the molecule is CC.CC(C)c1c(Cl)c(C(F)(F)F)nn1C. The van der Waals surface area contributed by atoms with E-state index in [-0.39, 0.29) is 10.9 Å². The van der Waals surface area contributed by atoms with E-state index in [4.69, 9.17) is 11.6 Å². The third kappa shape index (κ3) is 3.14. The zero-order valence-electron chi connectivity index (χ0n) is 9.98. The summed E-state index contributed by atoms with van der Waals surface area (Å²) in [6, 6.07) is 0. The van der Waals surface area contributed by atoms with Gasteiger partial charge in [-0.05, 0) is 5.92 Å². The molecule has 0 bridgehead atoms. The molecule has 0 saturated carbocycles. The van der Waals surface area contributed by atoms with Crippen molar-refractivity contribution in [2.45, 2.75) is 39.8 Å². The highest BCUT2D eigenvalue weighted by Crippen LogP contribution is 2.37. The molecule has 16 heavy (non-hydrogen) atoms. The lowest BCUT2D eigenvalue weighted by Crippen LogP contribution is -2.07. The molecule has 0 aliphatic carbocycles. The molecular weight excluding hydrogens is 241 g/mol. The number of aryl methyl sites for hydroxylation is 1. The minimum atomic E-state index is -4.48. The maximum atomic E-state index is 12.3. The predicted molar refractivity (Wildman–Crippen MR) is 58.7 cm³/mol. The van der Waals surface area contributed by atoms with E-state index in [2.05, 4.69) is 5.10 Å². The fraction of sp³-hybridized carbons (Fsp3) is 0.700. The second-order valence-corrected chi connectivity index (χ2v) is 3.70. The van der Waals surface area contributed by atoms with Crippen LogP contribution in [0.15, 0.2) is 0 Å². The van der Waals surface area contributed by atoms with Crippen LogP contribution in [-0.2, 0) is 13.2 Å². The number of hydrogen-bond donors (Lipinski definition) is 0. The van der Waals surface area contributed by atoms with Gasteiger partial charge in [0.05, 0.1) is 10.7 Å². The molecule has 1 aromatic heterocycles. The van der Waals surface area contributed by atoms with Crippen LogP contribution in [0.1, 0.15) is 45.0 Å². The van der Waals surface area contributed by atoms with E-state index in [0.717, 1.165) is 0 Å². The lowest BCUT2D eigenvalue weighted by atomic mass is 10.1. The second kappa shape index (κ2) is 5.57. The first-order valence-corrected chi connectivity index (χ1v) is 5.42. The quantitative estimate of drug-likeness (QED) is 0.735. The topological polar surface area (TPSA) is 17.8 Å². The molecule has 0 atom stereocenters. The first-order valence-electron chi connectivity index (χ1n) is 5.04. The third-order valence-electron chi connectivity index (χ3n) is 1.85. The average Bonchev–Trinajstić information content (AvgIpc) is 2.44. The molecule has 0 saturated heterocycles. The molecule has 0 fully saturated rings. The summed E-state index contributed by atoms with van der Waals surface area (Å²) in [6.07, 6.45) is -4.48. The summed E-state index contributed by atoms with van der Waals surface area (Å²) in [4.78, 5) is 0. The highest BCUT2D eigenvalue weighted by atomic mass is 35.5. The predicted octanol–water partition coefficient (Wildman–Crippen LogP) is 4.24. The van der Waals surface area contributed by atoms with Gasteiger partial charge in [-0.15, -0.1) is 0 Å². The van der Waals surface area contributed by atoms with Crippen LogP contribution < -0.4 is 0 Å². The van der Waals surface area contributed by atoms with Crippen LogP contribution in [0.3, 0.4) is 0 Å². The molecule has 0 aliphatic rings. The smallest absolute Gasteiger partial charge is 0.270 e. The molecule has 0 spiro atoms. The van der Waals surface area contributed by atoms with Gasteiger partial charge in [0.2, 0.25) is 0 Å². The van der Waals surface area contributed by atoms with Crippen molar-refractivity contribution in [2.75, 3.05) is 0 Å². The molecule has 0 amide bonds. The fourth-order valence-electron chi connectivity index (χ4n) is 1.32. The van der Waals surface area contributed by atoms with Gasteiger partial charge in [-0.1, -0.05) is 39.3 Å². The van der Waals surface area contributed by atoms with Gasteiger partial charge in [0, 0.05) is 7.05 Å². The number of alkyl halides is 3. The fourth-order valence-corrected chi connectivity index (χ4v) is 1.80. The van der Waals surface area contributed by atoms with E-state index in [9.17, 15) is 13.2 Å². The van der Waals surface area contributed by atoms with Crippen molar-refractivity contribution in [3.05, 3.63) is 16.4 Å². The first kappa shape index (κ1) is 15.3. The summed E-state index contributed by atoms with van der Waals surface area (Å²) in [5, 5.41) is 3.07. The highest BCUT2D eigenvalue weighted by molar-refractivity contribution is 6.32. The minimum Gasteiger partial charge on any atom is -0.270 e. The number of halogens is 4. The Balaban J connectivity index is 0.00000106. The molecule has 0 aliphatic heterocycles. The van der Waals surface area contributed by atoms with Crippen LogP contribution in [-0.4, -0.2) is 9.78 Å². The van der Waals surface area contributed by atoms with Gasteiger partial charge in [0.25, 0.3) is 0 Å². The maximum Gasteiger partial charge on any atom is 0.436 e. The van der Waals surface area contributed by atoms with Gasteiger partial charge < -0.3 is 0 Å². The van der Waals surface area contributed by atoms with Crippen molar-refractivity contribution in [1.82, 2.24) is 9.78 Å². The third-order valence-corrected chi connectivity index (χ3v) is 2.22. The average molecular weight is 257 g/mol. The van der Waals surface area contributed by atoms with Gasteiger partial charge in [0.1, 0.15) is 0 Å². The number of hydrogen-bond acceptors (Lipinski definition) is 1.